The molecule has 0 aliphatic carbocycles. The van der Waals surface area contributed by atoms with Crippen molar-refractivity contribution in [2.75, 3.05) is 11.9 Å². The molecular weight excluding hydrogens is 250 g/mol. The highest BCUT2D eigenvalue weighted by Crippen LogP contribution is 2.19. The SMILES string of the molecule is Cc1ccc(CCNc2c(F)cncc2F)cc1O. The van der Waals surface area contributed by atoms with Gasteiger partial charge in [0.25, 0.3) is 0 Å². The molecule has 1 aromatic carbocycles. The zero-order valence-electron chi connectivity index (χ0n) is 10.5. The smallest absolute Gasteiger partial charge is 0.167 e. The van der Waals surface area contributed by atoms with Crippen molar-refractivity contribution in [2.45, 2.75) is 13.3 Å². The van der Waals surface area contributed by atoms with Gasteiger partial charge in [0.2, 0.25) is 0 Å². The molecule has 0 atom stereocenters. The van der Waals surface area contributed by atoms with Crippen molar-refractivity contribution in [3.05, 3.63) is 53.4 Å². The van der Waals surface area contributed by atoms with Crippen LogP contribution < -0.4 is 5.32 Å². The standard InChI is InChI=1S/C14H14F2N2O/c1-9-2-3-10(6-13(9)19)4-5-18-14-11(15)7-17-8-12(14)16/h2-3,6-8,19H,4-5H2,1H3,(H,17,18). The molecule has 0 aliphatic rings. The topological polar surface area (TPSA) is 45.2 Å². The van der Waals surface area contributed by atoms with Crippen molar-refractivity contribution >= 4 is 5.69 Å². The molecule has 0 bridgehead atoms. The summed E-state index contributed by atoms with van der Waals surface area (Å²) in [5.41, 5.74) is 1.51. The van der Waals surface area contributed by atoms with Crippen LogP contribution in [0.2, 0.25) is 0 Å². The van der Waals surface area contributed by atoms with Gasteiger partial charge in [0, 0.05) is 6.54 Å². The number of nitrogens with one attached hydrogen (secondary N) is 1. The third kappa shape index (κ3) is 3.19. The minimum absolute atomic E-state index is 0.175. The fourth-order valence-corrected chi connectivity index (χ4v) is 1.72. The van der Waals surface area contributed by atoms with Crippen LogP contribution in [0.25, 0.3) is 0 Å². The van der Waals surface area contributed by atoms with Gasteiger partial charge in [0.15, 0.2) is 11.6 Å². The van der Waals surface area contributed by atoms with Crippen molar-refractivity contribution in [3.63, 3.8) is 0 Å². The maximum atomic E-state index is 13.3. The van der Waals surface area contributed by atoms with Crippen LogP contribution in [0.4, 0.5) is 14.5 Å². The number of phenolic OH excluding ortho intramolecular Hbond substituents is 1. The number of pyridine rings is 1. The molecule has 0 unspecified atom stereocenters. The summed E-state index contributed by atoms with van der Waals surface area (Å²) < 4.78 is 26.6. The lowest BCUT2D eigenvalue weighted by Gasteiger charge is -2.09. The summed E-state index contributed by atoms with van der Waals surface area (Å²) in [5.74, 6) is -1.21. The Morgan fingerprint density at radius 3 is 2.53 bits per heavy atom. The first-order chi connectivity index (χ1) is 9.08. The van der Waals surface area contributed by atoms with Crippen LogP contribution in [-0.2, 0) is 6.42 Å². The number of halogens is 2. The van der Waals surface area contributed by atoms with E-state index >= 15 is 0 Å². The molecule has 1 heterocycles. The lowest BCUT2D eigenvalue weighted by molar-refractivity contribution is 0.470. The minimum Gasteiger partial charge on any atom is -0.508 e. The zero-order valence-corrected chi connectivity index (χ0v) is 10.5. The fraction of sp³-hybridized carbons (Fsp3) is 0.214. The molecule has 0 aliphatic heterocycles. The molecule has 1 aromatic heterocycles. The molecule has 2 N–H and O–H groups in total. The number of aromatic hydroxyl groups is 1. The van der Waals surface area contributed by atoms with Crippen molar-refractivity contribution < 1.29 is 13.9 Å². The van der Waals surface area contributed by atoms with E-state index in [2.05, 4.69) is 10.3 Å². The summed E-state index contributed by atoms with van der Waals surface area (Å²) in [7, 11) is 0. The Labute approximate surface area is 109 Å². The van der Waals surface area contributed by atoms with E-state index in [1.807, 2.05) is 6.07 Å². The molecule has 19 heavy (non-hydrogen) atoms. The average molecular weight is 264 g/mol. The van der Waals surface area contributed by atoms with Gasteiger partial charge < -0.3 is 10.4 Å². The van der Waals surface area contributed by atoms with Crippen molar-refractivity contribution in [2.24, 2.45) is 0 Å². The molecule has 0 saturated heterocycles. The molecule has 0 radical (unpaired) electrons. The average Bonchev–Trinajstić information content (AvgIpc) is 2.37. The third-order valence-corrected chi connectivity index (χ3v) is 2.84. The van der Waals surface area contributed by atoms with Crippen molar-refractivity contribution in [1.82, 2.24) is 4.98 Å². The van der Waals surface area contributed by atoms with E-state index in [0.717, 1.165) is 23.5 Å². The monoisotopic (exact) mass is 264 g/mol. The number of benzene rings is 1. The second-order valence-corrected chi connectivity index (χ2v) is 4.28. The van der Waals surface area contributed by atoms with Crippen molar-refractivity contribution in [1.29, 1.82) is 0 Å². The van der Waals surface area contributed by atoms with Crippen LogP contribution in [0.1, 0.15) is 11.1 Å². The molecular formula is C14H14F2N2O. The van der Waals surface area contributed by atoms with Crippen LogP contribution >= 0.6 is 0 Å². The summed E-state index contributed by atoms with van der Waals surface area (Å²) >= 11 is 0. The van der Waals surface area contributed by atoms with E-state index < -0.39 is 11.6 Å². The number of hydrogen-bond acceptors (Lipinski definition) is 3. The van der Waals surface area contributed by atoms with Gasteiger partial charge in [-0.05, 0) is 30.5 Å². The van der Waals surface area contributed by atoms with Gasteiger partial charge in [-0.2, -0.15) is 0 Å². The first-order valence-electron chi connectivity index (χ1n) is 5.89. The molecule has 0 amide bonds. The Morgan fingerprint density at radius 1 is 1.21 bits per heavy atom. The number of nitrogens with zero attached hydrogens (tertiary/aromatic N) is 1. The fourth-order valence-electron chi connectivity index (χ4n) is 1.72. The lowest BCUT2D eigenvalue weighted by atomic mass is 10.1. The number of anilines is 1. The first-order valence-corrected chi connectivity index (χ1v) is 5.89. The van der Waals surface area contributed by atoms with E-state index in [9.17, 15) is 13.9 Å². The molecule has 5 heteroatoms. The Kier molecular flexibility index (Phi) is 3.94. The maximum Gasteiger partial charge on any atom is 0.167 e. The molecule has 3 nitrogen and oxygen atoms in total. The second-order valence-electron chi connectivity index (χ2n) is 4.28. The van der Waals surface area contributed by atoms with E-state index in [-0.39, 0.29) is 11.4 Å². The number of aromatic nitrogens is 1. The first kappa shape index (κ1) is 13.3. The van der Waals surface area contributed by atoms with Crippen LogP contribution in [0.3, 0.4) is 0 Å². The number of phenols is 1. The summed E-state index contributed by atoms with van der Waals surface area (Å²) in [6.45, 7) is 2.17. The van der Waals surface area contributed by atoms with Gasteiger partial charge >= 0.3 is 0 Å². The van der Waals surface area contributed by atoms with E-state index in [0.29, 0.717) is 13.0 Å². The van der Waals surface area contributed by atoms with Gasteiger partial charge in [0.1, 0.15) is 11.4 Å². The lowest BCUT2D eigenvalue weighted by Crippen LogP contribution is -2.08. The van der Waals surface area contributed by atoms with Crippen molar-refractivity contribution in [3.8, 4) is 5.75 Å². The van der Waals surface area contributed by atoms with Crippen LogP contribution in [-0.4, -0.2) is 16.6 Å². The summed E-state index contributed by atoms with van der Waals surface area (Å²) in [5, 5.41) is 12.2. The highest BCUT2D eigenvalue weighted by molar-refractivity contribution is 5.44. The normalized spacial score (nSPS) is 10.5. The largest absolute Gasteiger partial charge is 0.508 e. The Hall–Kier alpha value is -2.17. The molecule has 0 fully saturated rings. The maximum absolute atomic E-state index is 13.3. The number of rotatable bonds is 4. The van der Waals surface area contributed by atoms with Gasteiger partial charge in [-0.25, -0.2) is 8.78 Å². The van der Waals surface area contributed by atoms with E-state index in [1.54, 1.807) is 19.1 Å². The molecule has 0 spiro atoms. The molecule has 100 valence electrons. The molecule has 2 aromatic rings. The minimum atomic E-state index is -0.716. The summed E-state index contributed by atoms with van der Waals surface area (Å²) in [6, 6.07) is 5.32. The zero-order chi connectivity index (χ0) is 13.8. The van der Waals surface area contributed by atoms with Gasteiger partial charge in [-0.1, -0.05) is 12.1 Å². The molecule has 0 saturated carbocycles. The van der Waals surface area contributed by atoms with Gasteiger partial charge in [-0.15, -0.1) is 0 Å². The molecule has 2 rings (SSSR count). The Bertz CT molecular complexity index is 567. The Morgan fingerprint density at radius 2 is 1.89 bits per heavy atom. The van der Waals surface area contributed by atoms with Gasteiger partial charge in [0.05, 0.1) is 12.4 Å². The highest BCUT2D eigenvalue weighted by Gasteiger charge is 2.08. The third-order valence-electron chi connectivity index (χ3n) is 2.84. The van der Waals surface area contributed by atoms with Gasteiger partial charge in [-0.3, -0.25) is 4.98 Å². The number of aryl methyl sites for hydroxylation is 1. The summed E-state index contributed by atoms with van der Waals surface area (Å²) in [6.07, 6.45) is 2.47. The van der Waals surface area contributed by atoms with E-state index in [1.165, 1.54) is 0 Å². The van der Waals surface area contributed by atoms with Crippen LogP contribution in [0.5, 0.6) is 5.75 Å². The number of hydrogen-bond donors (Lipinski definition) is 2. The Balaban J connectivity index is 1.98. The predicted molar refractivity (Wildman–Crippen MR) is 69.2 cm³/mol. The highest BCUT2D eigenvalue weighted by atomic mass is 19.1. The van der Waals surface area contributed by atoms with E-state index in [4.69, 9.17) is 0 Å². The second kappa shape index (κ2) is 5.65. The van der Waals surface area contributed by atoms with Crippen LogP contribution in [0.15, 0.2) is 30.6 Å². The van der Waals surface area contributed by atoms with Crippen LogP contribution in [0, 0.1) is 18.6 Å². The predicted octanol–water partition coefficient (Wildman–Crippen LogP) is 3.03. The summed E-state index contributed by atoms with van der Waals surface area (Å²) in [4.78, 5) is 3.41. The quantitative estimate of drug-likeness (QED) is 0.892.